The van der Waals surface area contributed by atoms with E-state index in [2.05, 4.69) is 22.5 Å². The fourth-order valence-electron chi connectivity index (χ4n) is 3.00. The second-order valence-electron chi connectivity index (χ2n) is 5.89. The van der Waals surface area contributed by atoms with Crippen LogP contribution in [0.1, 0.15) is 19.3 Å². The molecule has 1 atom stereocenters. The van der Waals surface area contributed by atoms with Gasteiger partial charge in [0, 0.05) is 23.6 Å². The lowest BCUT2D eigenvalue weighted by Gasteiger charge is -2.10. The van der Waals surface area contributed by atoms with Gasteiger partial charge in [-0.2, -0.15) is 0 Å². The third-order valence-electron chi connectivity index (χ3n) is 4.20. The smallest absolute Gasteiger partial charge is 0.226 e. The fraction of sp³-hybridized carbons (Fsp3) is 0.222. The molecule has 0 saturated heterocycles. The summed E-state index contributed by atoms with van der Waals surface area (Å²) >= 11 is 1.50. The first-order valence-corrected chi connectivity index (χ1v) is 8.76. The Labute approximate surface area is 142 Å². The highest BCUT2D eigenvalue weighted by Crippen LogP contribution is 2.31. The highest BCUT2D eigenvalue weighted by atomic mass is 32.1. The molecule has 2 heterocycles. The van der Waals surface area contributed by atoms with Crippen LogP contribution in [0, 0.1) is 11.7 Å². The Morgan fingerprint density at radius 3 is 2.96 bits per heavy atom. The summed E-state index contributed by atoms with van der Waals surface area (Å²) in [5.74, 6) is 0.635. The van der Waals surface area contributed by atoms with E-state index in [4.69, 9.17) is 0 Å². The van der Waals surface area contributed by atoms with Crippen LogP contribution in [0.15, 0.2) is 48.0 Å². The SMILES string of the molecule is O=C(CC1C=CCC1)Nc1c(-c2ccc(F)cc2)nc2sccn12. The van der Waals surface area contributed by atoms with Gasteiger partial charge in [0.1, 0.15) is 17.3 Å². The van der Waals surface area contributed by atoms with E-state index >= 15 is 0 Å². The summed E-state index contributed by atoms with van der Waals surface area (Å²) in [7, 11) is 0. The van der Waals surface area contributed by atoms with Crippen molar-refractivity contribution in [2.45, 2.75) is 19.3 Å². The van der Waals surface area contributed by atoms with Crippen molar-refractivity contribution >= 4 is 28.0 Å². The lowest BCUT2D eigenvalue weighted by atomic mass is 10.1. The highest BCUT2D eigenvalue weighted by Gasteiger charge is 2.19. The molecular formula is C18H16FN3OS. The van der Waals surface area contributed by atoms with Crippen LogP contribution in [0.5, 0.6) is 0 Å². The number of nitrogens with zero attached hydrogens (tertiary/aromatic N) is 2. The van der Waals surface area contributed by atoms with E-state index in [0.29, 0.717) is 23.9 Å². The maximum atomic E-state index is 13.2. The number of hydrogen-bond donors (Lipinski definition) is 1. The van der Waals surface area contributed by atoms with Crippen molar-refractivity contribution in [3.05, 3.63) is 53.8 Å². The van der Waals surface area contributed by atoms with Crippen molar-refractivity contribution in [1.82, 2.24) is 9.38 Å². The van der Waals surface area contributed by atoms with E-state index in [0.717, 1.165) is 23.4 Å². The van der Waals surface area contributed by atoms with Crippen LogP contribution in [-0.2, 0) is 4.79 Å². The monoisotopic (exact) mass is 341 g/mol. The van der Waals surface area contributed by atoms with Gasteiger partial charge in [-0.25, -0.2) is 9.37 Å². The molecule has 1 unspecified atom stereocenters. The van der Waals surface area contributed by atoms with Crippen LogP contribution in [-0.4, -0.2) is 15.3 Å². The number of anilines is 1. The lowest BCUT2D eigenvalue weighted by Crippen LogP contribution is -2.16. The molecule has 1 amide bonds. The summed E-state index contributed by atoms with van der Waals surface area (Å²) in [6.07, 6.45) is 8.65. The maximum Gasteiger partial charge on any atom is 0.226 e. The fourth-order valence-corrected chi connectivity index (χ4v) is 3.71. The number of benzene rings is 1. The number of nitrogens with one attached hydrogen (secondary N) is 1. The van der Waals surface area contributed by atoms with E-state index in [1.807, 2.05) is 16.0 Å². The first-order valence-electron chi connectivity index (χ1n) is 7.89. The molecule has 2 aromatic heterocycles. The van der Waals surface area contributed by atoms with Gasteiger partial charge in [-0.15, -0.1) is 11.3 Å². The summed E-state index contributed by atoms with van der Waals surface area (Å²) in [6.45, 7) is 0. The second kappa shape index (κ2) is 6.20. The Hall–Kier alpha value is -2.47. The van der Waals surface area contributed by atoms with Crippen LogP contribution < -0.4 is 5.32 Å². The molecule has 6 heteroatoms. The number of allylic oxidation sites excluding steroid dienone is 2. The second-order valence-corrected chi connectivity index (χ2v) is 6.76. The van der Waals surface area contributed by atoms with Gasteiger partial charge in [0.2, 0.25) is 5.91 Å². The molecule has 1 aromatic carbocycles. The van der Waals surface area contributed by atoms with Crippen molar-refractivity contribution in [1.29, 1.82) is 0 Å². The first-order chi connectivity index (χ1) is 11.7. The predicted molar refractivity (Wildman–Crippen MR) is 93.6 cm³/mol. The third-order valence-corrected chi connectivity index (χ3v) is 4.95. The van der Waals surface area contributed by atoms with E-state index < -0.39 is 0 Å². The van der Waals surface area contributed by atoms with Gasteiger partial charge >= 0.3 is 0 Å². The molecule has 4 rings (SSSR count). The molecule has 0 fully saturated rings. The van der Waals surface area contributed by atoms with Gasteiger partial charge < -0.3 is 5.32 Å². The van der Waals surface area contributed by atoms with Gasteiger partial charge in [-0.05, 0) is 43.0 Å². The summed E-state index contributed by atoms with van der Waals surface area (Å²) < 4.78 is 15.1. The molecule has 0 radical (unpaired) electrons. The average molecular weight is 341 g/mol. The molecule has 1 aliphatic rings. The molecular weight excluding hydrogens is 325 g/mol. The summed E-state index contributed by atoms with van der Waals surface area (Å²) in [5, 5.41) is 4.92. The lowest BCUT2D eigenvalue weighted by molar-refractivity contribution is -0.116. The Kier molecular flexibility index (Phi) is 3.90. The van der Waals surface area contributed by atoms with Crippen LogP contribution in [0.25, 0.3) is 16.2 Å². The Bertz CT molecular complexity index is 910. The summed E-state index contributed by atoms with van der Waals surface area (Å²) in [4.78, 5) is 17.8. The highest BCUT2D eigenvalue weighted by molar-refractivity contribution is 7.15. The molecule has 0 bridgehead atoms. The zero-order valence-corrected chi connectivity index (χ0v) is 13.7. The number of imidazole rings is 1. The van der Waals surface area contributed by atoms with Gasteiger partial charge in [-0.1, -0.05) is 12.2 Å². The van der Waals surface area contributed by atoms with Crippen molar-refractivity contribution in [3.63, 3.8) is 0 Å². The molecule has 1 aliphatic carbocycles. The quantitative estimate of drug-likeness (QED) is 0.710. The van der Waals surface area contributed by atoms with E-state index in [1.54, 1.807) is 12.1 Å². The van der Waals surface area contributed by atoms with Crippen molar-refractivity contribution in [2.75, 3.05) is 5.32 Å². The minimum atomic E-state index is -0.293. The molecule has 0 aliphatic heterocycles. The Balaban J connectivity index is 1.66. The van der Waals surface area contributed by atoms with E-state index in [9.17, 15) is 9.18 Å². The topological polar surface area (TPSA) is 46.4 Å². The van der Waals surface area contributed by atoms with Crippen LogP contribution in [0.4, 0.5) is 10.2 Å². The first kappa shape index (κ1) is 15.1. The number of halogens is 1. The molecule has 4 nitrogen and oxygen atoms in total. The maximum absolute atomic E-state index is 13.2. The summed E-state index contributed by atoms with van der Waals surface area (Å²) in [5.41, 5.74) is 1.44. The molecule has 3 aromatic rings. The number of carbonyl (C=O) groups is 1. The van der Waals surface area contributed by atoms with Gasteiger partial charge in [0.15, 0.2) is 4.96 Å². The average Bonchev–Trinajstić information content (AvgIpc) is 3.27. The van der Waals surface area contributed by atoms with E-state index in [1.165, 1.54) is 23.5 Å². The number of aromatic nitrogens is 2. The van der Waals surface area contributed by atoms with Gasteiger partial charge in [0.25, 0.3) is 0 Å². The Morgan fingerprint density at radius 2 is 2.21 bits per heavy atom. The third kappa shape index (κ3) is 2.85. The van der Waals surface area contributed by atoms with Crippen LogP contribution in [0.3, 0.4) is 0 Å². The Morgan fingerprint density at radius 1 is 1.38 bits per heavy atom. The minimum Gasteiger partial charge on any atom is -0.310 e. The number of hydrogen-bond acceptors (Lipinski definition) is 3. The number of fused-ring (bicyclic) bond motifs is 1. The predicted octanol–water partition coefficient (Wildman–Crippen LogP) is 4.50. The summed E-state index contributed by atoms with van der Waals surface area (Å²) in [6, 6.07) is 6.16. The van der Waals surface area contributed by atoms with Crippen LogP contribution in [0.2, 0.25) is 0 Å². The molecule has 0 saturated carbocycles. The normalized spacial score (nSPS) is 16.8. The standard InChI is InChI=1S/C18H16FN3OS/c19-14-7-5-13(6-8-14)16-17(22-9-10-24-18(22)21-16)20-15(23)11-12-3-1-2-4-12/h1,3,5-10,12H,2,4,11H2,(H,20,23). The molecule has 24 heavy (non-hydrogen) atoms. The molecule has 0 spiro atoms. The van der Waals surface area contributed by atoms with Gasteiger partial charge in [0.05, 0.1) is 0 Å². The van der Waals surface area contributed by atoms with Crippen molar-refractivity contribution in [2.24, 2.45) is 5.92 Å². The zero-order chi connectivity index (χ0) is 16.5. The number of carbonyl (C=O) groups excluding carboxylic acids is 1. The zero-order valence-electron chi connectivity index (χ0n) is 12.9. The number of amides is 1. The van der Waals surface area contributed by atoms with Crippen molar-refractivity contribution < 1.29 is 9.18 Å². The van der Waals surface area contributed by atoms with Crippen molar-refractivity contribution in [3.8, 4) is 11.3 Å². The largest absolute Gasteiger partial charge is 0.310 e. The molecule has 122 valence electrons. The number of thiazole rings is 1. The molecule has 1 N–H and O–H groups in total. The van der Waals surface area contributed by atoms with Crippen LogP contribution >= 0.6 is 11.3 Å². The van der Waals surface area contributed by atoms with Gasteiger partial charge in [-0.3, -0.25) is 9.20 Å². The minimum absolute atomic E-state index is 0.0251. The number of rotatable bonds is 4. The van der Waals surface area contributed by atoms with E-state index in [-0.39, 0.29) is 11.7 Å².